The van der Waals surface area contributed by atoms with Crippen LogP contribution in [0.2, 0.25) is 0 Å². The van der Waals surface area contributed by atoms with E-state index in [1.165, 1.54) is 72.8 Å². The molecule has 0 saturated heterocycles. The number of aromatic hydroxyl groups is 3. The molecule has 0 bridgehead atoms. The van der Waals surface area contributed by atoms with Crippen LogP contribution in [-0.4, -0.2) is 29.5 Å². The molecule has 0 atom stereocenters. The van der Waals surface area contributed by atoms with Crippen molar-refractivity contribution >= 4 is 27.6 Å². The predicted molar refractivity (Wildman–Crippen MR) is 108 cm³/mol. The smallest absolute Gasteiger partial charge is 0.262 e. The summed E-state index contributed by atoms with van der Waals surface area (Å²) in [6, 6.07) is 15.5. The maximum Gasteiger partial charge on any atom is 0.262 e. The van der Waals surface area contributed by atoms with Gasteiger partial charge in [0.15, 0.2) is 17.3 Å². The monoisotopic (exact) mass is 411 g/mol. The van der Waals surface area contributed by atoms with Gasteiger partial charge in [0.25, 0.3) is 10.0 Å². The van der Waals surface area contributed by atoms with Crippen molar-refractivity contribution < 1.29 is 28.5 Å². The van der Waals surface area contributed by atoms with E-state index in [-0.39, 0.29) is 39.0 Å². The highest BCUT2D eigenvalue weighted by atomic mass is 32.2. The predicted octanol–water partition coefficient (Wildman–Crippen LogP) is 3.50. The summed E-state index contributed by atoms with van der Waals surface area (Å²) in [6.07, 6.45) is 2.55. The number of allylic oxidation sites excluding steroid dienone is 1. The first-order chi connectivity index (χ1) is 13.8. The van der Waals surface area contributed by atoms with Gasteiger partial charge < -0.3 is 15.3 Å². The largest absolute Gasteiger partial charge is 0.508 e. The molecule has 3 rings (SSSR count). The van der Waals surface area contributed by atoms with Gasteiger partial charge in [0, 0.05) is 22.9 Å². The molecule has 0 fully saturated rings. The van der Waals surface area contributed by atoms with Gasteiger partial charge in [-0.1, -0.05) is 30.3 Å². The molecular weight excluding hydrogens is 394 g/mol. The van der Waals surface area contributed by atoms with Gasteiger partial charge in [-0.25, -0.2) is 8.42 Å². The van der Waals surface area contributed by atoms with Crippen molar-refractivity contribution in [1.82, 2.24) is 0 Å². The Labute approximate surface area is 167 Å². The molecule has 0 aliphatic heterocycles. The molecule has 0 heterocycles. The van der Waals surface area contributed by atoms with E-state index in [4.69, 9.17) is 0 Å². The van der Waals surface area contributed by atoms with Gasteiger partial charge in [-0.15, -0.1) is 0 Å². The number of rotatable bonds is 6. The number of benzene rings is 3. The molecule has 0 aliphatic carbocycles. The molecule has 29 heavy (non-hydrogen) atoms. The summed E-state index contributed by atoms with van der Waals surface area (Å²) in [5.74, 6) is -1.25. The number of para-hydroxylation sites is 1. The molecule has 7 nitrogen and oxygen atoms in total. The van der Waals surface area contributed by atoms with Crippen LogP contribution < -0.4 is 4.72 Å². The van der Waals surface area contributed by atoms with Crippen LogP contribution in [0.3, 0.4) is 0 Å². The lowest BCUT2D eigenvalue weighted by Crippen LogP contribution is -2.13. The fourth-order valence-corrected chi connectivity index (χ4v) is 3.63. The van der Waals surface area contributed by atoms with E-state index in [1.807, 2.05) is 0 Å². The zero-order valence-electron chi connectivity index (χ0n) is 15.0. The molecule has 8 heteroatoms. The van der Waals surface area contributed by atoms with E-state index in [2.05, 4.69) is 4.72 Å². The van der Waals surface area contributed by atoms with E-state index < -0.39 is 15.8 Å². The van der Waals surface area contributed by atoms with Crippen molar-refractivity contribution in [3.8, 4) is 17.2 Å². The number of sulfonamides is 1. The van der Waals surface area contributed by atoms with Crippen molar-refractivity contribution in [2.24, 2.45) is 0 Å². The first-order valence-electron chi connectivity index (χ1n) is 8.41. The van der Waals surface area contributed by atoms with Crippen LogP contribution >= 0.6 is 0 Å². The first-order valence-corrected chi connectivity index (χ1v) is 9.90. The number of phenols is 3. The van der Waals surface area contributed by atoms with Gasteiger partial charge in [-0.2, -0.15) is 0 Å². The van der Waals surface area contributed by atoms with Gasteiger partial charge in [-0.3, -0.25) is 9.52 Å². The molecule has 0 aliphatic rings. The Hall–Kier alpha value is -3.78. The van der Waals surface area contributed by atoms with E-state index in [0.29, 0.717) is 0 Å². The van der Waals surface area contributed by atoms with Crippen molar-refractivity contribution in [2.75, 3.05) is 4.72 Å². The fraction of sp³-hybridized carbons (Fsp3) is 0. The molecule has 0 aromatic heterocycles. The fourth-order valence-electron chi connectivity index (χ4n) is 2.55. The van der Waals surface area contributed by atoms with Crippen LogP contribution in [0.25, 0.3) is 6.08 Å². The average molecular weight is 411 g/mol. The Morgan fingerprint density at radius 1 is 0.897 bits per heavy atom. The molecule has 0 amide bonds. The maximum atomic E-state index is 12.4. The minimum atomic E-state index is -3.94. The third-order valence-corrected chi connectivity index (χ3v) is 5.37. The number of ketones is 1. The molecular formula is C21H17NO6S. The summed E-state index contributed by atoms with van der Waals surface area (Å²) in [5, 5.41) is 28.7. The van der Waals surface area contributed by atoms with Crippen molar-refractivity contribution in [3.05, 3.63) is 83.9 Å². The molecule has 4 N–H and O–H groups in total. The van der Waals surface area contributed by atoms with Crippen molar-refractivity contribution in [3.63, 3.8) is 0 Å². The van der Waals surface area contributed by atoms with Crippen LogP contribution in [0.15, 0.2) is 77.7 Å². The lowest BCUT2D eigenvalue weighted by molar-refractivity contribution is 0.104. The van der Waals surface area contributed by atoms with Gasteiger partial charge in [-0.05, 0) is 42.5 Å². The summed E-state index contributed by atoms with van der Waals surface area (Å²) in [6.45, 7) is 0. The molecule has 0 saturated carbocycles. The highest BCUT2D eigenvalue weighted by Gasteiger charge is 2.15. The van der Waals surface area contributed by atoms with Crippen LogP contribution in [0, 0.1) is 0 Å². The van der Waals surface area contributed by atoms with Crippen molar-refractivity contribution in [2.45, 2.75) is 4.90 Å². The summed E-state index contributed by atoms with van der Waals surface area (Å²) in [5.41, 5.74) is 0.656. The highest BCUT2D eigenvalue weighted by molar-refractivity contribution is 7.92. The topological polar surface area (TPSA) is 124 Å². The number of phenolic OH excluding ortho intramolecular Hbond substituents is 3. The van der Waals surface area contributed by atoms with Gasteiger partial charge in [0.1, 0.15) is 5.75 Å². The Balaban J connectivity index is 1.81. The van der Waals surface area contributed by atoms with Crippen molar-refractivity contribution in [1.29, 1.82) is 0 Å². The van der Waals surface area contributed by atoms with Crippen LogP contribution in [-0.2, 0) is 10.0 Å². The third kappa shape index (κ3) is 4.74. The lowest BCUT2D eigenvalue weighted by Gasteiger charge is -2.09. The summed E-state index contributed by atoms with van der Waals surface area (Å²) >= 11 is 0. The minimum absolute atomic E-state index is 0.117. The van der Waals surface area contributed by atoms with E-state index in [1.54, 1.807) is 0 Å². The Kier molecular flexibility index (Phi) is 5.56. The van der Waals surface area contributed by atoms with E-state index >= 15 is 0 Å². The second kappa shape index (κ2) is 8.07. The third-order valence-electron chi connectivity index (χ3n) is 3.99. The number of hydrogen-bond acceptors (Lipinski definition) is 6. The number of hydrogen-bond donors (Lipinski definition) is 4. The molecule has 0 spiro atoms. The highest BCUT2D eigenvalue weighted by Crippen LogP contribution is 2.29. The van der Waals surface area contributed by atoms with Gasteiger partial charge in [0.2, 0.25) is 0 Å². The van der Waals surface area contributed by atoms with Gasteiger partial charge >= 0.3 is 0 Å². The second-order valence-electron chi connectivity index (χ2n) is 6.10. The quantitative estimate of drug-likeness (QED) is 0.280. The molecule has 148 valence electrons. The number of carbonyl (C=O) groups is 1. The van der Waals surface area contributed by atoms with E-state index in [0.717, 1.165) is 6.07 Å². The second-order valence-corrected chi connectivity index (χ2v) is 7.78. The number of anilines is 1. The summed E-state index contributed by atoms with van der Waals surface area (Å²) in [7, 11) is -3.94. The van der Waals surface area contributed by atoms with Gasteiger partial charge in [0.05, 0.1) is 4.90 Å². The molecule has 0 unspecified atom stereocenters. The van der Waals surface area contributed by atoms with Crippen LogP contribution in [0.4, 0.5) is 5.69 Å². The number of carbonyl (C=O) groups excluding carboxylic acids is 1. The minimum Gasteiger partial charge on any atom is -0.508 e. The zero-order chi connectivity index (χ0) is 21.0. The van der Waals surface area contributed by atoms with Crippen LogP contribution in [0.5, 0.6) is 17.2 Å². The van der Waals surface area contributed by atoms with Crippen LogP contribution in [0.1, 0.15) is 15.9 Å². The zero-order valence-corrected chi connectivity index (χ0v) is 15.8. The van der Waals surface area contributed by atoms with E-state index in [9.17, 15) is 28.5 Å². The molecule has 3 aromatic carbocycles. The first kappa shape index (κ1) is 20.0. The standard InChI is InChI=1S/C21H17NO6S/c23-17-7-3-8-18(13-17)29(27,28)22-16-6-1-5-15(12-16)19(24)11-10-14-4-2-9-20(25)21(14)26/h1-13,22-23,25-26H. The summed E-state index contributed by atoms with van der Waals surface area (Å²) in [4.78, 5) is 12.3. The Bertz CT molecular complexity index is 1200. The average Bonchev–Trinajstić information content (AvgIpc) is 2.69. The number of nitrogens with one attached hydrogen (secondary N) is 1. The Morgan fingerprint density at radius 2 is 1.62 bits per heavy atom. The molecule has 0 radical (unpaired) electrons. The SMILES string of the molecule is O=C(C=Cc1cccc(O)c1O)c1cccc(NS(=O)(=O)c2cccc(O)c2)c1. The molecule has 3 aromatic rings. The Morgan fingerprint density at radius 3 is 2.38 bits per heavy atom. The lowest BCUT2D eigenvalue weighted by atomic mass is 10.1. The summed E-state index contributed by atoms with van der Waals surface area (Å²) < 4.78 is 27.2. The normalized spacial score (nSPS) is 11.4. The maximum absolute atomic E-state index is 12.4.